The average molecular weight is 410 g/mol. The van der Waals surface area contributed by atoms with Crippen molar-refractivity contribution in [2.45, 2.75) is 18.7 Å². The van der Waals surface area contributed by atoms with Crippen LogP contribution in [0.25, 0.3) is 0 Å². The smallest absolute Gasteiger partial charge is 0.234 e. The van der Waals surface area contributed by atoms with Crippen molar-refractivity contribution in [2.75, 3.05) is 25.3 Å². The fourth-order valence-corrected chi connectivity index (χ4v) is 3.51. The standard InChI is InChI=1S/C18H20BrNO3S/c1-11-8-17(12(2)7-14(11)19)24-10-18(21)20-15-9-13(22-3)5-6-16(15)23-4/h5-9H,10H2,1-4H3,(H,20,21). The minimum Gasteiger partial charge on any atom is -0.497 e. The highest BCUT2D eigenvalue weighted by Crippen LogP contribution is 2.31. The molecule has 0 fully saturated rings. The van der Waals surface area contributed by atoms with Crippen molar-refractivity contribution < 1.29 is 14.3 Å². The summed E-state index contributed by atoms with van der Waals surface area (Å²) in [4.78, 5) is 13.4. The van der Waals surface area contributed by atoms with Crippen LogP contribution in [0.5, 0.6) is 11.5 Å². The fourth-order valence-electron chi connectivity index (χ4n) is 2.15. The van der Waals surface area contributed by atoms with E-state index in [2.05, 4.69) is 33.4 Å². The van der Waals surface area contributed by atoms with Crippen LogP contribution in [-0.2, 0) is 4.79 Å². The van der Waals surface area contributed by atoms with E-state index >= 15 is 0 Å². The van der Waals surface area contributed by atoms with Gasteiger partial charge in [0.25, 0.3) is 0 Å². The summed E-state index contributed by atoms with van der Waals surface area (Å²) >= 11 is 5.04. The van der Waals surface area contributed by atoms with Gasteiger partial charge in [0.2, 0.25) is 5.91 Å². The number of thioether (sulfide) groups is 1. The van der Waals surface area contributed by atoms with Crippen molar-refractivity contribution in [3.05, 3.63) is 45.9 Å². The summed E-state index contributed by atoms with van der Waals surface area (Å²) in [5, 5.41) is 2.88. The summed E-state index contributed by atoms with van der Waals surface area (Å²) in [6.45, 7) is 4.07. The van der Waals surface area contributed by atoms with Gasteiger partial charge in [-0.2, -0.15) is 0 Å². The lowest BCUT2D eigenvalue weighted by molar-refractivity contribution is -0.113. The molecule has 0 atom stereocenters. The van der Waals surface area contributed by atoms with Crippen LogP contribution in [0.3, 0.4) is 0 Å². The molecular formula is C18H20BrNO3S. The Balaban J connectivity index is 2.05. The van der Waals surface area contributed by atoms with Gasteiger partial charge in [-0.1, -0.05) is 15.9 Å². The summed E-state index contributed by atoms with van der Waals surface area (Å²) in [5.41, 5.74) is 2.90. The zero-order valence-corrected chi connectivity index (χ0v) is 16.5. The first kappa shape index (κ1) is 18.7. The van der Waals surface area contributed by atoms with E-state index in [1.54, 1.807) is 32.4 Å². The number of rotatable bonds is 6. The molecule has 0 aliphatic carbocycles. The van der Waals surface area contributed by atoms with E-state index in [0.29, 0.717) is 22.9 Å². The summed E-state index contributed by atoms with van der Waals surface area (Å²) in [6.07, 6.45) is 0. The highest BCUT2D eigenvalue weighted by Gasteiger charge is 2.11. The largest absolute Gasteiger partial charge is 0.497 e. The first-order valence-electron chi connectivity index (χ1n) is 7.36. The molecule has 0 aromatic heterocycles. The van der Waals surface area contributed by atoms with Crippen molar-refractivity contribution >= 4 is 39.3 Å². The molecule has 4 nitrogen and oxygen atoms in total. The Morgan fingerprint density at radius 3 is 2.54 bits per heavy atom. The highest BCUT2D eigenvalue weighted by molar-refractivity contribution is 9.10. The van der Waals surface area contributed by atoms with Gasteiger partial charge in [-0.3, -0.25) is 4.79 Å². The number of ether oxygens (including phenoxy) is 2. The predicted molar refractivity (Wildman–Crippen MR) is 103 cm³/mol. The third kappa shape index (κ3) is 4.68. The average Bonchev–Trinajstić information content (AvgIpc) is 2.56. The number of anilines is 1. The molecule has 0 saturated carbocycles. The van der Waals surface area contributed by atoms with E-state index in [0.717, 1.165) is 20.5 Å². The number of nitrogens with one attached hydrogen (secondary N) is 1. The van der Waals surface area contributed by atoms with Gasteiger partial charge in [0, 0.05) is 15.4 Å². The van der Waals surface area contributed by atoms with Crippen molar-refractivity contribution in [2.24, 2.45) is 0 Å². The molecule has 0 heterocycles. The minimum atomic E-state index is -0.0912. The Hall–Kier alpha value is -1.66. The van der Waals surface area contributed by atoms with E-state index in [1.165, 1.54) is 11.8 Å². The molecule has 0 spiro atoms. The van der Waals surface area contributed by atoms with E-state index < -0.39 is 0 Å². The Bertz CT molecular complexity index is 749. The lowest BCUT2D eigenvalue weighted by atomic mass is 10.2. The van der Waals surface area contributed by atoms with Crippen LogP contribution in [0.15, 0.2) is 39.7 Å². The number of hydrogen-bond acceptors (Lipinski definition) is 4. The van der Waals surface area contributed by atoms with Crippen LogP contribution in [0.2, 0.25) is 0 Å². The summed E-state index contributed by atoms with van der Waals surface area (Å²) in [5.74, 6) is 1.50. The summed E-state index contributed by atoms with van der Waals surface area (Å²) < 4.78 is 11.5. The molecule has 0 bridgehead atoms. The van der Waals surface area contributed by atoms with Gasteiger partial charge in [-0.25, -0.2) is 0 Å². The van der Waals surface area contributed by atoms with Gasteiger partial charge < -0.3 is 14.8 Å². The van der Waals surface area contributed by atoms with Crippen LogP contribution in [0, 0.1) is 13.8 Å². The molecule has 24 heavy (non-hydrogen) atoms. The number of aryl methyl sites for hydroxylation is 2. The zero-order chi connectivity index (χ0) is 17.7. The quantitative estimate of drug-likeness (QED) is 0.695. The molecule has 0 aliphatic rings. The Morgan fingerprint density at radius 1 is 1.12 bits per heavy atom. The van der Waals surface area contributed by atoms with Gasteiger partial charge in [-0.15, -0.1) is 11.8 Å². The van der Waals surface area contributed by atoms with Gasteiger partial charge in [0.15, 0.2) is 0 Å². The third-order valence-corrected chi connectivity index (χ3v) is 5.51. The van der Waals surface area contributed by atoms with Gasteiger partial charge in [0.1, 0.15) is 11.5 Å². The fraction of sp³-hybridized carbons (Fsp3) is 0.278. The Kier molecular flexibility index (Phi) is 6.57. The molecule has 1 N–H and O–H groups in total. The maximum atomic E-state index is 12.3. The SMILES string of the molecule is COc1ccc(OC)c(NC(=O)CSc2cc(C)c(Br)cc2C)c1. The maximum absolute atomic E-state index is 12.3. The van der Waals surface area contributed by atoms with Gasteiger partial charge >= 0.3 is 0 Å². The first-order valence-corrected chi connectivity index (χ1v) is 9.14. The predicted octanol–water partition coefficient (Wildman–Crippen LogP) is 4.81. The van der Waals surface area contributed by atoms with E-state index in [4.69, 9.17) is 9.47 Å². The van der Waals surface area contributed by atoms with Crippen molar-refractivity contribution in [1.29, 1.82) is 0 Å². The topological polar surface area (TPSA) is 47.6 Å². The molecule has 0 radical (unpaired) electrons. The number of methoxy groups -OCH3 is 2. The molecule has 1 amide bonds. The summed E-state index contributed by atoms with van der Waals surface area (Å²) in [7, 11) is 3.15. The molecular weight excluding hydrogens is 390 g/mol. The first-order chi connectivity index (χ1) is 11.4. The van der Waals surface area contributed by atoms with Crippen LogP contribution in [0.1, 0.15) is 11.1 Å². The molecule has 0 unspecified atom stereocenters. The van der Waals surface area contributed by atoms with Gasteiger partial charge in [0.05, 0.1) is 25.7 Å². The second-order valence-corrected chi connectivity index (χ2v) is 7.14. The molecule has 2 aromatic rings. The Labute approximate surface area is 155 Å². The van der Waals surface area contributed by atoms with Crippen molar-refractivity contribution in [3.8, 4) is 11.5 Å². The van der Waals surface area contributed by atoms with Crippen LogP contribution in [0.4, 0.5) is 5.69 Å². The number of benzene rings is 2. The number of carbonyl (C=O) groups is 1. The van der Waals surface area contributed by atoms with E-state index in [9.17, 15) is 4.79 Å². The highest BCUT2D eigenvalue weighted by atomic mass is 79.9. The second-order valence-electron chi connectivity index (χ2n) is 5.27. The molecule has 0 saturated heterocycles. The Morgan fingerprint density at radius 2 is 1.88 bits per heavy atom. The minimum absolute atomic E-state index is 0.0912. The van der Waals surface area contributed by atoms with Crippen molar-refractivity contribution in [1.82, 2.24) is 0 Å². The lowest BCUT2D eigenvalue weighted by Crippen LogP contribution is -2.15. The second kappa shape index (κ2) is 8.44. The monoisotopic (exact) mass is 409 g/mol. The number of halogens is 1. The molecule has 2 rings (SSSR count). The van der Waals surface area contributed by atoms with Crippen molar-refractivity contribution in [3.63, 3.8) is 0 Å². The van der Waals surface area contributed by atoms with E-state index in [-0.39, 0.29) is 5.91 Å². The molecule has 2 aromatic carbocycles. The lowest BCUT2D eigenvalue weighted by Gasteiger charge is -2.12. The number of hydrogen-bond donors (Lipinski definition) is 1. The third-order valence-electron chi connectivity index (χ3n) is 3.50. The maximum Gasteiger partial charge on any atom is 0.234 e. The molecule has 128 valence electrons. The number of amides is 1. The van der Waals surface area contributed by atoms with E-state index in [1.807, 2.05) is 13.8 Å². The zero-order valence-electron chi connectivity index (χ0n) is 14.1. The molecule has 0 aliphatic heterocycles. The summed E-state index contributed by atoms with van der Waals surface area (Å²) in [6, 6.07) is 9.46. The molecule has 6 heteroatoms. The van der Waals surface area contributed by atoms with Crippen LogP contribution >= 0.6 is 27.7 Å². The van der Waals surface area contributed by atoms with Gasteiger partial charge in [-0.05, 0) is 49.2 Å². The van der Waals surface area contributed by atoms with Crippen LogP contribution in [-0.4, -0.2) is 25.9 Å². The number of carbonyl (C=O) groups excluding carboxylic acids is 1. The van der Waals surface area contributed by atoms with Crippen LogP contribution < -0.4 is 14.8 Å². The normalized spacial score (nSPS) is 10.4.